The van der Waals surface area contributed by atoms with E-state index in [1.54, 1.807) is 24.3 Å². The zero-order valence-electron chi connectivity index (χ0n) is 16.6. The van der Waals surface area contributed by atoms with Crippen LogP contribution < -0.4 is 9.88 Å². The smallest absolute Gasteiger partial charge is 0.238 e. The molecule has 1 heterocycles. The highest BCUT2D eigenvalue weighted by Crippen LogP contribution is 2.40. The van der Waals surface area contributed by atoms with Crippen molar-refractivity contribution < 1.29 is 22.0 Å². The van der Waals surface area contributed by atoms with Gasteiger partial charge in [0.2, 0.25) is 10.0 Å². The number of hydrogen-bond acceptors (Lipinski definition) is 5. The fraction of sp³-hybridized carbons (Fsp3) is 0.0870. The lowest BCUT2D eigenvalue weighted by molar-refractivity contribution is 0.410. The van der Waals surface area contributed by atoms with E-state index in [2.05, 4.69) is 4.98 Å². The van der Waals surface area contributed by atoms with Gasteiger partial charge in [-0.3, -0.25) is 0 Å². The van der Waals surface area contributed by atoms with Crippen molar-refractivity contribution in [3.8, 4) is 28.3 Å². The van der Waals surface area contributed by atoms with Gasteiger partial charge in [0.1, 0.15) is 17.3 Å². The molecular formula is C23H19FN2O4S. The van der Waals surface area contributed by atoms with E-state index < -0.39 is 15.8 Å². The van der Waals surface area contributed by atoms with Gasteiger partial charge in [0.25, 0.3) is 0 Å². The maximum atomic E-state index is 14.8. The van der Waals surface area contributed by atoms with E-state index in [-0.39, 0.29) is 16.2 Å². The molecule has 31 heavy (non-hydrogen) atoms. The Kier molecular flexibility index (Phi) is 5.58. The summed E-state index contributed by atoms with van der Waals surface area (Å²) in [7, 11) is -2.40. The first kappa shape index (κ1) is 20.8. The van der Waals surface area contributed by atoms with Gasteiger partial charge >= 0.3 is 0 Å². The molecular weight excluding hydrogens is 419 g/mol. The molecule has 0 bridgehead atoms. The molecule has 0 atom stereocenters. The molecule has 0 spiro atoms. The zero-order chi connectivity index (χ0) is 22.0. The van der Waals surface area contributed by atoms with Gasteiger partial charge in [-0.1, -0.05) is 48.5 Å². The second kappa shape index (κ2) is 8.33. The number of ether oxygens (including phenoxy) is 1. The third kappa shape index (κ3) is 4.35. The number of benzene rings is 3. The molecule has 158 valence electrons. The van der Waals surface area contributed by atoms with E-state index in [1.165, 1.54) is 25.3 Å². The van der Waals surface area contributed by atoms with E-state index in [0.29, 0.717) is 29.3 Å². The second-order valence-corrected chi connectivity index (χ2v) is 8.40. The van der Waals surface area contributed by atoms with Crippen molar-refractivity contribution in [1.29, 1.82) is 0 Å². The van der Waals surface area contributed by atoms with Crippen LogP contribution in [0.4, 0.5) is 4.39 Å². The standard InChI is InChI=1S/C23H19FN2O4S/c1-29-19-9-5-8-18(24)21(19)23-22(16-10-12-17(13-11-16)31(25,27)28)26-20(30-23)14-15-6-3-2-4-7-15/h2-13H,14H2,1H3,(H2,25,27,28). The van der Waals surface area contributed by atoms with E-state index in [9.17, 15) is 12.8 Å². The monoisotopic (exact) mass is 438 g/mol. The highest BCUT2D eigenvalue weighted by Gasteiger charge is 2.23. The number of halogens is 1. The van der Waals surface area contributed by atoms with Crippen LogP contribution in [0, 0.1) is 5.82 Å². The molecule has 2 N–H and O–H groups in total. The molecule has 0 fully saturated rings. The molecule has 0 aliphatic heterocycles. The quantitative estimate of drug-likeness (QED) is 0.482. The summed E-state index contributed by atoms with van der Waals surface area (Å²) in [5.41, 5.74) is 2.04. The van der Waals surface area contributed by atoms with Gasteiger partial charge in [0.05, 0.1) is 17.6 Å². The molecule has 0 aliphatic rings. The summed E-state index contributed by atoms with van der Waals surface area (Å²) >= 11 is 0. The lowest BCUT2D eigenvalue weighted by Gasteiger charge is -2.09. The number of aromatic nitrogens is 1. The summed E-state index contributed by atoms with van der Waals surface area (Å²) in [6.07, 6.45) is 0.403. The first-order valence-corrected chi connectivity index (χ1v) is 10.9. The van der Waals surface area contributed by atoms with Crippen molar-refractivity contribution in [2.24, 2.45) is 5.14 Å². The molecule has 3 aromatic carbocycles. The number of hydrogen-bond donors (Lipinski definition) is 1. The topological polar surface area (TPSA) is 95.4 Å². The Hall–Kier alpha value is -3.49. The third-order valence-electron chi connectivity index (χ3n) is 4.75. The van der Waals surface area contributed by atoms with E-state index in [1.807, 2.05) is 30.3 Å². The number of nitrogens with two attached hydrogens (primary N) is 1. The van der Waals surface area contributed by atoms with Crippen molar-refractivity contribution in [3.63, 3.8) is 0 Å². The SMILES string of the molecule is COc1cccc(F)c1-c1oc(Cc2ccccc2)nc1-c1ccc(S(N)(=O)=O)cc1. The maximum Gasteiger partial charge on any atom is 0.238 e. The summed E-state index contributed by atoms with van der Waals surface area (Å²) in [6.45, 7) is 0. The summed E-state index contributed by atoms with van der Waals surface area (Å²) in [4.78, 5) is 4.56. The predicted octanol–water partition coefficient (Wildman–Crippen LogP) is 4.39. The fourth-order valence-corrected chi connectivity index (χ4v) is 3.79. The summed E-state index contributed by atoms with van der Waals surface area (Å²) in [5.74, 6) is 0.357. The normalized spacial score (nSPS) is 11.5. The van der Waals surface area contributed by atoms with Crippen molar-refractivity contribution >= 4 is 10.0 Å². The highest BCUT2D eigenvalue weighted by atomic mass is 32.2. The van der Waals surface area contributed by atoms with Gasteiger partial charge in [0.15, 0.2) is 11.7 Å². The number of oxazole rings is 1. The van der Waals surface area contributed by atoms with E-state index in [0.717, 1.165) is 5.56 Å². The lowest BCUT2D eigenvalue weighted by Crippen LogP contribution is -2.11. The van der Waals surface area contributed by atoms with Crippen LogP contribution in [0.15, 0.2) is 82.1 Å². The molecule has 8 heteroatoms. The summed E-state index contributed by atoms with van der Waals surface area (Å²) in [5, 5.41) is 5.19. The van der Waals surface area contributed by atoms with Crippen molar-refractivity contribution in [2.75, 3.05) is 7.11 Å². The van der Waals surface area contributed by atoms with Gasteiger partial charge in [-0.2, -0.15) is 0 Å². The Morgan fingerprint density at radius 2 is 1.71 bits per heavy atom. The van der Waals surface area contributed by atoms with Crippen molar-refractivity contribution in [2.45, 2.75) is 11.3 Å². The molecule has 0 amide bonds. The van der Waals surface area contributed by atoms with Gasteiger partial charge in [-0.05, 0) is 29.8 Å². The fourth-order valence-electron chi connectivity index (χ4n) is 3.27. The van der Waals surface area contributed by atoms with Crippen LogP contribution in [0.3, 0.4) is 0 Å². The van der Waals surface area contributed by atoms with Crippen molar-refractivity contribution in [3.05, 3.63) is 90.1 Å². The van der Waals surface area contributed by atoms with Crippen molar-refractivity contribution in [1.82, 2.24) is 4.98 Å². The molecule has 0 saturated carbocycles. The Balaban J connectivity index is 1.87. The van der Waals surface area contributed by atoms with Crippen LogP contribution in [-0.4, -0.2) is 20.5 Å². The van der Waals surface area contributed by atoms with Crippen LogP contribution in [-0.2, 0) is 16.4 Å². The Morgan fingerprint density at radius 1 is 1.00 bits per heavy atom. The highest BCUT2D eigenvalue weighted by molar-refractivity contribution is 7.89. The zero-order valence-corrected chi connectivity index (χ0v) is 17.4. The molecule has 0 aliphatic carbocycles. The van der Waals surface area contributed by atoms with Crippen LogP contribution in [0.5, 0.6) is 5.75 Å². The third-order valence-corrected chi connectivity index (χ3v) is 5.68. The molecule has 0 radical (unpaired) electrons. The van der Waals surface area contributed by atoms with E-state index >= 15 is 0 Å². The number of nitrogens with zero attached hydrogens (tertiary/aromatic N) is 1. The Labute approximate surface area is 179 Å². The van der Waals surface area contributed by atoms with Gasteiger partial charge in [-0.25, -0.2) is 22.9 Å². The van der Waals surface area contributed by atoms with Gasteiger partial charge in [-0.15, -0.1) is 0 Å². The second-order valence-electron chi connectivity index (χ2n) is 6.83. The summed E-state index contributed by atoms with van der Waals surface area (Å²) < 4.78 is 49.3. The molecule has 0 saturated heterocycles. The Morgan fingerprint density at radius 3 is 2.35 bits per heavy atom. The number of rotatable bonds is 6. The van der Waals surface area contributed by atoms with Gasteiger partial charge < -0.3 is 9.15 Å². The summed E-state index contributed by atoms with van der Waals surface area (Å²) in [6, 6.07) is 19.9. The molecule has 4 rings (SSSR count). The molecule has 0 unspecified atom stereocenters. The van der Waals surface area contributed by atoms with Crippen LogP contribution in [0.25, 0.3) is 22.6 Å². The number of primary sulfonamides is 1. The minimum atomic E-state index is -3.84. The first-order valence-electron chi connectivity index (χ1n) is 9.36. The van der Waals surface area contributed by atoms with Crippen LogP contribution in [0.1, 0.15) is 11.5 Å². The lowest BCUT2D eigenvalue weighted by atomic mass is 10.0. The minimum Gasteiger partial charge on any atom is -0.496 e. The van der Waals surface area contributed by atoms with Crippen LogP contribution in [0.2, 0.25) is 0 Å². The van der Waals surface area contributed by atoms with E-state index in [4.69, 9.17) is 14.3 Å². The first-order chi connectivity index (χ1) is 14.9. The average molecular weight is 438 g/mol. The van der Waals surface area contributed by atoms with Gasteiger partial charge in [0, 0.05) is 12.0 Å². The number of methoxy groups -OCH3 is 1. The molecule has 4 aromatic rings. The molecule has 1 aromatic heterocycles. The minimum absolute atomic E-state index is 0.0331. The largest absolute Gasteiger partial charge is 0.496 e. The predicted molar refractivity (Wildman–Crippen MR) is 115 cm³/mol. The van der Waals surface area contributed by atoms with Crippen LogP contribution >= 0.6 is 0 Å². The number of sulfonamides is 1. The average Bonchev–Trinajstić information content (AvgIpc) is 3.16. The molecule has 6 nitrogen and oxygen atoms in total. The Bertz CT molecular complexity index is 1320. The maximum absolute atomic E-state index is 14.8.